The summed E-state index contributed by atoms with van der Waals surface area (Å²) in [7, 11) is 0. The number of halogens is 3. The Labute approximate surface area is 132 Å². The van der Waals surface area contributed by atoms with E-state index in [9.17, 15) is 9.50 Å². The molecule has 0 aromatic heterocycles. The minimum atomic E-state index is -0.503. The predicted octanol–water partition coefficient (Wildman–Crippen LogP) is 4.85. The quantitative estimate of drug-likeness (QED) is 0.823. The smallest absolute Gasteiger partial charge is 0.162 e. The van der Waals surface area contributed by atoms with Crippen LogP contribution in [-0.4, -0.2) is 11.7 Å². The van der Waals surface area contributed by atoms with Gasteiger partial charge in [-0.3, -0.25) is 0 Å². The van der Waals surface area contributed by atoms with Crippen molar-refractivity contribution in [2.45, 2.75) is 13.5 Å². The summed E-state index contributed by atoms with van der Waals surface area (Å²) < 4.78 is 18.4. The third kappa shape index (κ3) is 3.71. The lowest BCUT2D eigenvalue weighted by Gasteiger charge is -2.13. The van der Waals surface area contributed by atoms with Crippen LogP contribution >= 0.6 is 23.2 Å². The lowest BCUT2D eigenvalue weighted by Crippen LogP contribution is -2.02. The van der Waals surface area contributed by atoms with Gasteiger partial charge >= 0.3 is 0 Å². The molecule has 2 aromatic carbocycles. The van der Waals surface area contributed by atoms with Crippen molar-refractivity contribution in [3.05, 3.63) is 51.8 Å². The zero-order chi connectivity index (χ0) is 15.4. The maximum atomic E-state index is 13.1. The predicted molar refractivity (Wildman–Crippen MR) is 83.0 cm³/mol. The van der Waals surface area contributed by atoms with Gasteiger partial charge in [0, 0.05) is 12.1 Å². The molecule has 0 amide bonds. The monoisotopic (exact) mass is 329 g/mol. The summed E-state index contributed by atoms with van der Waals surface area (Å²) in [5.74, 6) is -0.0361. The lowest BCUT2D eigenvalue weighted by molar-refractivity contribution is 0.317. The SMILES string of the molecule is CCOc1cccc(CNc2c(Cl)cc(F)cc2Cl)c1O. The molecule has 0 aliphatic rings. The Bertz CT molecular complexity index is 627. The minimum absolute atomic E-state index is 0.0567. The van der Waals surface area contributed by atoms with Gasteiger partial charge in [-0.05, 0) is 25.1 Å². The van der Waals surface area contributed by atoms with E-state index in [2.05, 4.69) is 5.32 Å². The van der Waals surface area contributed by atoms with Gasteiger partial charge in [0.15, 0.2) is 11.5 Å². The van der Waals surface area contributed by atoms with Crippen molar-refractivity contribution < 1.29 is 14.2 Å². The topological polar surface area (TPSA) is 41.5 Å². The van der Waals surface area contributed by atoms with Gasteiger partial charge in [-0.2, -0.15) is 0 Å². The van der Waals surface area contributed by atoms with E-state index in [-0.39, 0.29) is 22.3 Å². The molecule has 0 saturated heterocycles. The number of anilines is 1. The minimum Gasteiger partial charge on any atom is -0.504 e. The summed E-state index contributed by atoms with van der Waals surface area (Å²) in [6.45, 7) is 2.57. The van der Waals surface area contributed by atoms with E-state index in [1.165, 1.54) is 12.1 Å². The molecule has 0 saturated carbocycles. The lowest BCUT2D eigenvalue weighted by atomic mass is 10.1. The van der Waals surface area contributed by atoms with Crippen LogP contribution in [0.3, 0.4) is 0 Å². The first kappa shape index (κ1) is 15.7. The Morgan fingerprint density at radius 2 is 1.90 bits per heavy atom. The third-order valence-electron chi connectivity index (χ3n) is 2.84. The van der Waals surface area contributed by atoms with Crippen LogP contribution in [0.15, 0.2) is 30.3 Å². The van der Waals surface area contributed by atoms with Crippen LogP contribution in [0.5, 0.6) is 11.5 Å². The number of rotatable bonds is 5. The van der Waals surface area contributed by atoms with Crippen LogP contribution < -0.4 is 10.1 Å². The fourth-order valence-electron chi connectivity index (χ4n) is 1.88. The van der Waals surface area contributed by atoms with E-state index in [0.29, 0.717) is 23.6 Å². The largest absolute Gasteiger partial charge is 0.504 e. The number of hydrogen-bond acceptors (Lipinski definition) is 3. The average molecular weight is 330 g/mol. The van der Waals surface area contributed by atoms with Gasteiger partial charge in [0.2, 0.25) is 0 Å². The summed E-state index contributed by atoms with van der Waals surface area (Å²) in [5.41, 5.74) is 1.04. The summed E-state index contributed by atoms with van der Waals surface area (Å²) >= 11 is 11.9. The molecule has 21 heavy (non-hydrogen) atoms. The first-order valence-electron chi connectivity index (χ1n) is 6.35. The maximum absolute atomic E-state index is 13.1. The van der Waals surface area contributed by atoms with Crippen molar-refractivity contribution in [1.82, 2.24) is 0 Å². The molecule has 2 N–H and O–H groups in total. The van der Waals surface area contributed by atoms with E-state index in [4.69, 9.17) is 27.9 Å². The van der Waals surface area contributed by atoms with Gasteiger partial charge in [-0.25, -0.2) is 4.39 Å². The molecule has 0 bridgehead atoms. The van der Waals surface area contributed by atoms with Crippen molar-refractivity contribution in [3.63, 3.8) is 0 Å². The van der Waals surface area contributed by atoms with Gasteiger partial charge in [-0.1, -0.05) is 35.3 Å². The molecule has 0 spiro atoms. The van der Waals surface area contributed by atoms with E-state index < -0.39 is 5.82 Å². The van der Waals surface area contributed by atoms with Gasteiger partial charge in [-0.15, -0.1) is 0 Å². The van der Waals surface area contributed by atoms with Crippen LogP contribution in [0, 0.1) is 5.82 Å². The van der Waals surface area contributed by atoms with Crippen molar-refractivity contribution in [1.29, 1.82) is 0 Å². The number of aromatic hydroxyl groups is 1. The van der Waals surface area contributed by atoms with Crippen LogP contribution in [0.1, 0.15) is 12.5 Å². The second-order valence-electron chi connectivity index (χ2n) is 4.29. The first-order valence-corrected chi connectivity index (χ1v) is 7.10. The fourth-order valence-corrected chi connectivity index (χ4v) is 2.47. The highest BCUT2D eigenvalue weighted by molar-refractivity contribution is 6.39. The summed E-state index contributed by atoms with van der Waals surface area (Å²) in [5, 5.41) is 13.4. The average Bonchev–Trinajstić information content (AvgIpc) is 2.41. The molecule has 0 aliphatic heterocycles. The third-order valence-corrected chi connectivity index (χ3v) is 3.44. The summed E-state index contributed by atoms with van der Waals surface area (Å²) in [4.78, 5) is 0. The molecule has 2 aromatic rings. The molecular formula is C15H14Cl2FNO2. The second-order valence-corrected chi connectivity index (χ2v) is 5.11. The molecule has 6 heteroatoms. The highest BCUT2D eigenvalue weighted by Crippen LogP contribution is 2.34. The molecule has 0 unspecified atom stereocenters. The standard InChI is InChI=1S/C15H14Cl2FNO2/c1-2-21-13-5-3-4-9(15(13)20)8-19-14-11(16)6-10(18)7-12(14)17/h3-7,19-20H,2,8H2,1H3. The van der Waals surface area contributed by atoms with Crippen molar-refractivity contribution in [2.24, 2.45) is 0 Å². The Morgan fingerprint density at radius 1 is 1.24 bits per heavy atom. The second kappa shape index (κ2) is 6.87. The zero-order valence-electron chi connectivity index (χ0n) is 11.3. The van der Waals surface area contributed by atoms with Crippen molar-refractivity contribution >= 4 is 28.9 Å². The number of para-hydroxylation sites is 1. The molecule has 0 heterocycles. The first-order chi connectivity index (χ1) is 10.0. The van der Waals surface area contributed by atoms with Crippen LogP contribution in [0.2, 0.25) is 10.0 Å². The Hall–Kier alpha value is -1.65. The van der Waals surface area contributed by atoms with Crippen LogP contribution in [0.4, 0.5) is 10.1 Å². The fraction of sp³-hybridized carbons (Fsp3) is 0.200. The highest BCUT2D eigenvalue weighted by atomic mass is 35.5. The molecular weight excluding hydrogens is 316 g/mol. The van der Waals surface area contributed by atoms with E-state index in [1.807, 2.05) is 6.92 Å². The van der Waals surface area contributed by atoms with Gasteiger partial charge in [0.1, 0.15) is 5.82 Å². The van der Waals surface area contributed by atoms with E-state index in [1.54, 1.807) is 18.2 Å². The van der Waals surface area contributed by atoms with Gasteiger partial charge in [0.25, 0.3) is 0 Å². The summed E-state index contributed by atoms with van der Waals surface area (Å²) in [6, 6.07) is 7.55. The number of nitrogens with one attached hydrogen (secondary N) is 1. The molecule has 2 rings (SSSR count). The zero-order valence-corrected chi connectivity index (χ0v) is 12.8. The van der Waals surface area contributed by atoms with Crippen molar-refractivity contribution in [3.8, 4) is 11.5 Å². The van der Waals surface area contributed by atoms with Crippen LogP contribution in [0.25, 0.3) is 0 Å². The number of benzene rings is 2. The molecule has 0 atom stereocenters. The number of phenols is 1. The molecule has 0 fully saturated rings. The van der Waals surface area contributed by atoms with E-state index in [0.717, 1.165) is 0 Å². The van der Waals surface area contributed by atoms with Gasteiger partial charge in [0.05, 0.1) is 22.3 Å². The molecule has 112 valence electrons. The number of ether oxygens (including phenoxy) is 1. The normalized spacial score (nSPS) is 10.5. The maximum Gasteiger partial charge on any atom is 0.162 e. The van der Waals surface area contributed by atoms with Crippen LogP contribution in [-0.2, 0) is 6.54 Å². The van der Waals surface area contributed by atoms with Crippen molar-refractivity contribution in [2.75, 3.05) is 11.9 Å². The molecule has 0 aliphatic carbocycles. The molecule has 0 radical (unpaired) electrons. The number of phenolic OH excluding ortho intramolecular Hbond substituents is 1. The number of hydrogen-bond donors (Lipinski definition) is 2. The summed E-state index contributed by atoms with van der Waals surface area (Å²) in [6.07, 6.45) is 0. The Balaban J connectivity index is 2.19. The Morgan fingerprint density at radius 3 is 2.52 bits per heavy atom. The highest BCUT2D eigenvalue weighted by Gasteiger charge is 2.11. The van der Waals surface area contributed by atoms with Gasteiger partial charge < -0.3 is 15.2 Å². The van der Waals surface area contributed by atoms with E-state index >= 15 is 0 Å². The molecule has 3 nitrogen and oxygen atoms in total. The Kier molecular flexibility index (Phi) is 5.15.